The molecule has 2 aromatic carbocycles. The van der Waals surface area contributed by atoms with E-state index in [1.54, 1.807) is 17.0 Å². The van der Waals surface area contributed by atoms with E-state index in [0.717, 1.165) is 5.56 Å². The van der Waals surface area contributed by atoms with Crippen LogP contribution in [0.3, 0.4) is 0 Å². The van der Waals surface area contributed by atoms with Crippen LogP contribution >= 0.6 is 0 Å². The lowest BCUT2D eigenvalue weighted by Gasteiger charge is -2.39. The summed E-state index contributed by atoms with van der Waals surface area (Å²) in [5.74, 6) is -0.448. The zero-order valence-electron chi connectivity index (χ0n) is 19.3. The minimum atomic E-state index is -3.00. The molecular weight excluding hydrogens is 428 g/mol. The number of benzene rings is 2. The molecule has 6 nitrogen and oxygen atoms in total. The van der Waals surface area contributed by atoms with Gasteiger partial charge in [0.1, 0.15) is 5.75 Å². The molecule has 0 N–H and O–H groups in total. The number of piperazine rings is 1. The van der Waals surface area contributed by atoms with E-state index in [-0.39, 0.29) is 35.2 Å². The van der Waals surface area contributed by atoms with Gasteiger partial charge in [0.05, 0.1) is 12.1 Å². The maximum absolute atomic E-state index is 13.2. The first kappa shape index (κ1) is 24.6. The Kier molecular flexibility index (Phi) is 8.02. The van der Waals surface area contributed by atoms with Crippen molar-refractivity contribution in [1.29, 1.82) is 0 Å². The summed E-state index contributed by atoms with van der Waals surface area (Å²) >= 11 is 0. The van der Waals surface area contributed by atoms with E-state index in [1.807, 2.05) is 60.9 Å². The molecular formula is C25H31F2N3O3. The van der Waals surface area contributed by atoms with Gasteiger partial charge in [-0.3, -0.25) is 14.5 Å². The highest BCUT2D eigenvalue weighted by atomic mass is 19.3. The van der Waals surface area contributed by atoms with Crippen molar-refractivity contribution in [2.45, 2.75) is 39.5 Å². The van der Waals surface area contributed by atoms with Gasteiger partial charge in [0, 0.05) is 38.3 Å². The molecule has 0 radical (unpaired) electrons. The summed E-state index contributed by atoms with van der Waals surface area (Å²) in [5, 5.41) is 0. The maximum atomic E-state index is 13.2. The molecule has 1 saturated heterocycles. The van der Waals surface area contributed by atoms with Crippen LogP contribution in [0, 0.1) is 0 Å². The van der Waals surface area contributed by atoms with E-state index in [0.29, 0.717) is 32.7 Å². The lowest BCUT2D eigenvalue weighted by atomic mass is 10.0. The molecule has 1 fully saturated rings. The largest absolute Gasteiger partial charge is 0.434 e. The minimum absolute atomic E-state index is 0.0295. The van der Waals surface area contributed by atoms with Crippen molar-refractivity contribution in [3.05, 3.63) is 65.7 Å². The summed E-state index contributed by atoms with van der Waals surface area (Å²) in [7, 11) is 0. The molecule has 0 aliphatic carbocycles. The summed E-state index contributed by atoms with van der Waals surface area (Å²) in [6.07, 6.45) is 0. The van der Waals surface area contributed by atoms with Crippen LogP contribution in [-0.2, 0) is 11.3 Å². The van der Waals surface area contributed by atoms with Crippen LogP contribution in [0.4, 0.5) is 8.78 Å². The summed E-state index contributed by atoms with van der Waals surface area (Å²) in [6, 6.07) is 15.9. The summed E-state index contributed by atoms with van der Waals surface area (Å²) in [4.78, 5) is 31.6. The van der Waals surface area contributed by atoms with Crippen LogP contribution in [-0.4, -0.2) is 71.4 Å². The van der Waals surface area contributed by atoms with E-state index in [9.17, 15) is 18.4 Å². The van der Waals surface area contributed by atoms with Crippen molar-refractivity contribution in [2.75, 3.05) is 32.7 Å². The molecule has 2 aromatic rings. The Morgan fingerprint density at radius 1 is 0.970 bits per heavy atom. The van der Waals surface area contributed by atoms with Gasteiger partial charge in [-0.1, -0.05) is 42.5 Å². The molecule has 1 aliphatic rings. The molecule has 1 aliphatic heterocycles. The SMILES string of the molecule is CC(C)(C)N(Cc1ccccc1)C(=O)CN1CCN(C(=O)c2ccccc2OC(F)F)CC1. The number of carbonyl (C=O) groups is 2. The maximum Gasteiger partial charge on any atom is 0.387 e. The Balaban J connectivity index is 1.59. The average molecular weight is 460 g/mol. The van der Waals surface area contributed by atoms with E-state index >= 15 is 0 Å². The molecule has 178 valence electrons. The molecule has 2 amide bonds. The quantitative estimate of drug-likeness (QED) is 0.631. The van der Waals surface area contributed by atoms with Gasteiger partial charge in [0.2, 0.25) is 5.91 Å². The van der Waals surface area contributed by atoms with Gasteiger partial charge in [-0.05, 0) is 38.5 Å². The number of para-hydroxylation sites is 1. The van der Waals surface area contributed by atoms with Gasteiger partial charge >= 0.3 is 6.61 Å². The van der Waals surface area contributed by atoms with Crippen LogP contribution in [0.1, 0.15) is 36.7 Å². The van der Waals surface area contributed by atoms with Crippen LogP contribution in [0.5, 0.6) is 5.75 Å². The van der Waals surface area contributed by atoms with E-state index in [1.165, 1.54) is 12.1 Å². The van der Waals surface area contributed by atoms with Crippen molar-refractivity contribution >= 4 is 11.8 Å². The molecule has 8 heteroatoms. The summed E-state index contributed by atoms with van der Waals surface area (Å²) in [6.45, 7) is 5.71. The minimum Gasteiger partial charge on any atom is -0.434 e. The number of ether oxygens (including phenoxy) is 1. The molecule has 3 rings (SSSR count). The molecule has 33 heavy (non-hydrogen) atoms. The monoisotopic (exact) mass is 459 g/mol. The molecule has 0 aromatic heterocycles. The molecule has 0 atom stereocenters. The van der Waals surface area contributed by atoms with E-state index < -0.39 is 6.61 Å². The Morgan fingerprint density at radius 3 is 2.18 bits per heavy atom. The normalized spacial score (nSPS) is 14.9. The van der Waals surface area contributed by atoms with Crippen molar-refractivity contribution in [3.8, 4) is 5.75 Å². The Hall–Kier alpha value is -3.00. The fourth-order valence-electron chi connectivity index (χ4n) is 3.86. The predicted octanol–water partition coefficient (Wildman–Crippen LogP) is 3.87. The average Bonchev–Trinajstić information content (AvgIpc) is 2.77. The molecule has 0 unspecified atom stereocenters. The number of rotatable bonds is 7. The Morgan fingerprint density at radius 2 is 1.58 bits per heavy atom. The van der Waals surface area contributed by atoms with Crippen LogP contribution in [0.25, 0.3) is 0 Å². The number of carbonyl (C=O) groups excluding carboxylic acids is 2. The highest BCUT2D eigenvalue weighted by Gasteiger charge is 2.30. The number of halogens is 2. The molecule has 0 spiro atoms. The number of nitrogens with zero attached hydrogens (tertiary/aromatic N) is 3. The van der Waals surface area contributed by atoms with E-state index in [4.69, 9.17) is 0 Å². The van der Waals surface area contributed by atoms with Gasteiger partial charge in [-0.2, -0.15) is 8.78 Å². The van der Waals surface area contributed by atoms with E-state index in [2.05, 4.69) is 4.74 Å². The third-order valence-electron chi connectivity index (χ3n) is 5.65. The Bertz CT molecular complexity index is 939. The smallest absolute Gasteiger partial charge is 0.387 e. The molecule has 1 heterocycles. The van der Waals surface area contributed by atoms with Crippen molar-refractivity contribution in [2.24, 2.45) is 0 Å². The fraction of sp³-hybridized carbons (Fsp3) is 0.440. The number of amides is 2. The van der Waals surface area contributed by atoms with Gasteiger partial charge in [-0.15, -0.1) is 0 Å². The standard InChI is InChI=1S/C25H31F2N3O3/c1-25(2,3)30(17-19-9-5-4-6-10-19)22(31)18-28-13-15-29(16-14-28)23(32)20-11-7-8-12-21(20)33-24(26)27/h4-12,24H,13-18H2,1-3H3. The lowest BCUT2D eigenvalue weighted by molar-refractivity contribution is -0.138. The zero-order valence-corrected chi connectivity index (χ0v) is 19.3. The van der Waals surface area contributed by atoms with Crippen LogP contribution in [0.2, 0.25) is 0 Å². The van der Waals surface area contributed by atoms with Gasteiger partial charge in [0.15, 0.2) is 0 Å². The zero-order chi connectivity index (χ0) is 24.0. The number of hydrogen-bond donors (Lipinski definition) is 0. The first-order valence-electron chi connectivity index (χ1n) is 11.0. The number of hydrogen-bond acceptors (Lipinski definition) is 4. The third-order valence-corrected chi connectivity index (χ3v) is 5.65. The highest BCUT2D eigenvalue weighted by molar-refractivity contribution is 5.97. The van der Waals surface area contributed by atoms with Crippen molar-refractivity contribution < 1.29 is 23.1 Å². The molecule has 0 saturated carbocycles. The van der Waals surface area contributed by atoms with Crippen molar-refractivity contribution in [3.63, 3.8) is 0 Å². The first-order chi connectivity index (χ1) is 15.6. The number of alkyl halides is 2. The fourth-order valence-corrected chi connectivity index (χ4v) is 3.86. The summed E-state index contributed by atoms with van der Waals surface area (Å²) < 4.78 is 29.8. The summed E-state index contributed by atoms with van der Waals surface area (Å²) in [5.41, 5.74) is 0.851. The van der Waals surface area contributed by atoms with Gasteiger partial charge in [-0.25, -0.2) is 0 Å². The second-order valence-corrected chi connectivity index (χ2v) is 9.08. The highest BCUT2D eigenvalue weighted by Crippen LogP contribution is 2.23. The second kappa shape index (κ2) is 10.7. The Labute approximate surface area is 193 Å². The van der Waals surface area contributed by atoms with Crippen molar-refractivity contribution in [1.82, 2.24) is 14.7 Å². The van der Waals surface area contributed by atoms with Crippen LogP contribution in [0.15, 0.2) is 54.6 Å². The predicted molar refractivity (Wildman–Crippen MR) is 122 cm³/mol. The van der Waals surface area contributed by atoms with Gasteiger partial charge in [0.25, 0.3) is 5.91 Å². The van der Waals surface area contributed by atoms with Gasteiger partial charge < -0.3 is 14.5 Å². The first-order valence-corrected chi connectivity index (χ1v) is 11.0. The lowest BCUT2D eigenvalue weighted by Crippen LogP contribution is -2.54. The topological polar surface area (TPSA) is 53.1 Å². The third kappa shape index (κ3) is 6.74. The second-order valence-electron chi connectivity index (χ2n) is 9.08. The molecule has 0 bridgehead atoms. The van der Waals surface area contributed by atoms with Crippen LogP contribution < -0.4 is 4.74 Å².